The molecule has 0 aliphatic heterocycles. The van der Waals surface area contributed by atoms with Crippen LogP contribution >= 0.6 is 0 Å². The lowest BCUT2D eigenvalue weighted by Gasteiger charge is -2.48. The molecule has 0 spiro atoms. The number of fused-ring (bicyclic) bond motifs is 3. The standard InChI is InChI=1S/C23H36O2/c1-14(2)17-9-10-22(3)11-12-23(4)18(20(17)22)8-7-16(13-19(23)24)21(25)15-5-6-15/h8,14-16,19,21,24-25H,5-7,9-13H2,1-4H3. The van der Waals surface area contributed by atoms with Gasteiger partial charge in [0.1, 0.15) is 0 Å². The first-order chi connectivity index (χ1) is 11.8. The molecular weight excluding hydrogens is 308 g/mol. The molecule has 2 fully saturated rings. The first kappa shape index (κ1) is 17.8. The normalized spacial score (nSPS) is 42.8. The molecule has 0 aromatic carbocycles. The van der Waals surface area contributed by atoms with Crippen LogP contribution in [0.2, 0.25) is 0 Å². The van der Waals surface area contributed by atoms with Crippen LogP contribution in [0.15, 0.2) is 22.8 Å². The van der Waals surface area contributed by atoms with E-state index in [-0.39, 0.29) is 23.5 Å². The van der Waals surface area contributed by atoms with E-state index in [4.69, 9.17) is 0 Å². The molecular formula is C23H36O2. The molecule has 4 aliphatic carbocycles. The number of aliphatic hydroxyl groups is 2. The number of rotatable bonds is 3. The maximum Gasteiger partial charge on any atom is 0.0637 e. The summed E-state index contributed by atoms with van der Waals surface area (Å²) in [5.74, 6) is 1.31. The highest BCUT2D eigenvalue weighted by atomic mass is 16.3. The van der Waals surface area contributed by atoms with Crippen LogP contribution in [0.1, 0.15) is 79.1 Å². The minimum absolute atomic E-state index is 0.128. The third kappa shape index (κ3) is 2.75. The molecule has 5 unspecified atom stereocenters. The highest BCUT2D eigenvalue weighted by Crippen LogP contribution is 2.62. The number of aliphatic hydroxyl groups excluding tert-OH is 2. The quantitative estimate of drug-likeness (QED) is 0.756. The predicted molar refractivity (Wildman–Crippen MR) is 102 cm³/mol. The second kappa shape index (κ2) is 5.96. The van der Waals surface area contributed by atoms with Crippen LogP contribution in [0.5, 0.6) is 0 Å². The third-order valence-electron chi connectivity index (χ3n) is 8.12. The Morgan fingerprint density at radius 3 is 2.44 bits per heavy atom. The smallest absolute Gasteiger partial charge is 0.0637 e. The van der Waals surface area contributed by atoms with Crippen molar-refractivity contribution < 1.29 is 10.2 Å². The van der Waals surface area contributed by atoms with Crippen LogP contribution in [0.3, 0.4) is 0 Å². The lowest BCUT2D eigenvalue weighted by molar-refractivity contribution is -0.00164. The minimum Gasteiger partial charge on any atom is -0.393 e. The molecule has 25 heavy (non-hydrogen) atoms. The van der Waals surface area contributed by atoms with Gasteiger partial charge in [-0.25, -0.2) is 0 Å². The summed E-state index contributed by atoms with van der Waals surface area (Å²) in [4.78, 5) is 0. The van der Waals surface area contributed by atoms with Crippen molar-refractivity contribution in [2.75, 3.05) is 0 Å². The van der Waals surface area contributed by atoms with Gasteiger partial charge < -0.3 is 10.2 Å². The first-order valence-corrected chi connectivity index (χ1v) is 10.6. The molecule has 2 saturated carbocycles. The highest BCUT2D eigenvalue weighted by Gasteiger charge is 2.52. The van der Waals surface area contributed by atoms with Crippen LogP contribution in [0, 0.1) is 28.6 Å². The summed E-state index contributed by atoms with van der Waals surface area (Å²) >= 11 is 0. The third-order valence-corrected chi connectivity index (χ3v) is 8.12. The molecule has 140 valence electrons. The fraction of sp³-hybridized carbons (Fsp3) is 0.826. The van der Waals surface area contributed by atoms with Gasteiger partial charge in [0.2, 0.25) is 0 Å². The van der Waals surface area contributed by atoms with Gasteiger partial charge in [0.05, 0.1) is 12.2 Å². The van der Waals surface area contributed by atoms with E-state index in [1.807, 2.05) is 0 Å². The van der Waals surface area contributed by atoms with Crippen LogP contribution in [-0.4, -0.2) is 22.4 Å². The molecule has 2 nitrogen and oxygen atoms in total. The fourth-order valence-corrected chi connectivity index (χ4v) is 6.02. The predicted octanol–water partition coefficient (Wildman–Crippen LogP) is 5.01. The van der Waals surface area contributed by atoms with E-state index < -0.39 is 0 Å². The van der Waals surface area contributed by atoms with Crippen molar-refractivity contribution in [1.82, 2.24) is 0 Å². The van der Waals surface area contributed by atoms with Crippen molar-refractivity contribution in [2.24, 2.45) is 28.6 Å². The molecule has 0 amide bonds. The van der Waals surface area contributed by atoms with Crippen LogP contribution in [0.4, 0.5) is 0 Å². The molecule has 2 N–H and O–H groups in total. The van der Waals surface area contributed by atoms with Crippen molar-refractivity contribution in [3.05, 3.63) is 22.8 Å². The van der Waals surface area contributed by atoms with Crippen molar-refractivity contribution >= 4 is 0 Å². The lowest BCUT2D eigenvalue weighted by Crippen LogP contribution is -2.42. The summed E-state index contributed by atoms with van der Waals surface area (Å²) in [5, 5.41) is 21.9. The van der Waals surface area contributed by atoms with E-state index in [2.05, 4.69) is 33.8 Å². The van der Waals surface area contributed by atoms with Crippen LogP contribution in [0.25, 0.3) is 0 Å². The van der Waals surface area contributed by atoms with Crippen molar-refractivity contribution in [2.45, 2.75) is 91.3 Å². The zero-order valence-corrected chi connectivity index (χ0v) is 16.5. The summed E-state index contributed by atoms with van der Waals surface area (Å²) in [5.41, 5.74) is 4.85. The molecule has 2 heteroatoms. The maximum absolute atomic E-state index is 11.2. The molecule has 0 aromatic rings. The van der Waals surface area contributed by atoms with Crippen molar-refractivity contribution in [3.63, 3.8) is 0 Å². The van der Waals surface area contributed by atoms with E-state index in [1.165, 1.54) is 37.7 Å². The minimum atomic E-state index is -0.328. The van der Waals surface area contributed by atoms with Crippen LogP contribution < -0.4 is 0 Å². The Hall–Kier alpha value is -0.600. The van der Waals surface area contributed by atoms with E-state index >= 15 is 0 Å². The van der Waals surface area contributed by atoms with Gasteiger partial charge in [-0.15, -0.1) is 0 Å². The monoisotopic (exact) mass is 344 g/mol. The zero-order chi connectivity index (χ0) is 18.0. The van der Waals surface area contributed by atoms with E-state index in [0.717, 1.165) is 19.3 Å². The summed E-state index contributed by atoms with van der Waals surface area (Å²) < 4.78 is 0. The Kier molecular flexibility index (Phi) is 4.24. The molecule has 0 bridgehead atoms. The van der Waals surface area contributed by atoms with Gasteiger partial charge in [0, 0.05) is 5.41 Å². The van der Waals surface area contributed by atoms with Gasteiger partial charge in [-0.3, -0.25) is 0 Å². The number of hydrogen-bond acceptors (Lipinski definition) is 2. The van der Waals surface area contributed by atoms with Crippen molar-refractivity contribution in [1.29, 1.82) is 0 Å². The average Bonchev–Trinajstić information content (AvgIpc) is 3.35. The Labute approximate surface area is 153 Å². The summed E-state index contributed by atoms with van der Waals surface area (Å²) in [6.45, 7) is 9.39. The van der Waals surface area contributed by atoms with Gasteiger partial charge in [-0.2, -0.15) is 0 Å². The zero-order valence-electron chi connectivity index (χ0n) is 16.5. The highest BCUT2D eigenvalue weighted by molar-refractivity contribution is 5.50. The molecule has 4 rings (SSSR count). The molecule has 0 radical (unpaired) electrons. The molecule has 0 heterocycles. The largest absolute Gasteiger partial charge is 0.393 e. The van der Waals surface area contributed by atoms with Gasteiger partial charge in [0.25, 0.3) is 0 Å². The molecule has 5 atom stereocenters. The van der Waals surface area contributed by atoms with Crippen LogP contribution in [-0.2, 0) is 0 Å². The van der Waals surface area contributed by atoms with E-state index in [1.54, 1.807) is 11.1 Å². The van der Waals surface area contributed by atoms with Gasteiger partial charge >= 0.3 is 0 Å². The molecule has 0 saturated heterocycles. The SMILES string of the molecule is CC(C)C1=C2C3=CCC(C(O)C4CC4)CC(O)C3(C)CCC2(C)CC1. The van der Waals surface area contributed by atoms with E-state index in [0.29, 0.717) is 17.3 Å². The number of allylic oxidation sites excluding steroid dienone is 3. The summed E-state index contributed by atoms with van der Waals surface area (Å²) in [6, 6.07) is 0. The van der Waals surface area contributed by atoms with Gasteiger partial charge in [-0.1, -0.05) is 39.3 Å². The fourth-order valence-electron chi connectivity index (χ4n) is 6.02. The Balaban J connectivity index is 1.75. The summed E-state index contributed by atoms with van der Waals surface area (Å²) in [7, 11) is 0. The lowest BCUT2D eigenvalue weighted by atomic mass is 9.57. The maximum atomic E-state index is 11.2. The first-order valence-electron chi connectivity index (χ1n) is 10.6. The summed E-state index contributed by atoms with van der Waals surface area (Å²) in [6.07, 6.45) is 10.7. The second-order valence-electron chi connectivity index (χ2n) is 10.2. The van der Waals surface area contributed by atoms with Gasteiger partial charge in [-0.05, 0) is 85.7 Å². The topological polar surface area (TPSA) is 40.5 Å². The molecule has 0 aromatic heterocycles. The van der Waals surface area contributed by atoms with Gasteiger partial charge in [0.15, 0.2) is 0 Å². The molecule has 4 aliphatic rings. The Morgan fingerprint density at radius 2 is 1.80 bits per heavy atom. The average molecular weight is 345 g/mol. The number of hydrogen-bond donors (Lipinski definition) is 2. The Morgan fingerprint density at radius 1 is 1.08 bits per heavy atom. The Bertz CT molecular complexity index is 612. The van der Waals surface area contributed by atoms with Crippen molar-refractivity contribution in [3.8, 4) is 0 Å². The van der Waals surface area contributed by atoms with E-state index in [9.17, 15) is 10.2 Å². The second-order valence-corrected chi connectivity index (χ2v) is 10.2.